The monoisotopic (exact) mass is 336 g/mol. The second kappa shape index (κ2) is 6.78. The van der Waals surface area contributed by atoms with Crippen molar-refractivity contribution in [3.63, 3.8) is 0 Å². The number of hydrogen-bond donors (Lipinski definition) is 2. The topological polar surface area (TPSA) is 75.3 Å². The van der Waals surface area contributed by atoms with Crippen molar-refractivity contribution in [2.75, 3.05) is 10.0 Å². The van der Waals surface area contributed by atoms with Crippen molar-refractivity contribution >= 4 is 27.3 Å². The SMILES string of the molecule is CCc1ccccc1NS(=O)(=O)c1ccc(F)c(NC(C)=O)c1. The van der Waals surface area contributed by atoms with Crippen molar-refractivity contribution in [3.8, 4) is 0 Å². The summed E-state index contributed by atoms with van der Waals surface area (Å²) in [6, 6.07) is 10.3. The molecule has 0 fully saturated rings. The Morgan fingerprint density at radius 3 is 2.48 bits per heavy atom. The fourth-order valence-electron chi connectivity index (χ4n) is 2.09. The Morgan fingerprint density at radius 1 is 1.13 bits per heavy atom. The molecule has 0 aliphatic carbocycles. The van der Waals surface area contributed by atoms with E-state index in [9.17, 15) is 17.6 Å². The zero-order chi connectivity index (χ0) is 17.0. The van der Waals surface area contributed by atoms with E-state index in [0.717, 1.165) is 23.8 Å². The van der Waals surface area contributed by atoms with Gasteiger partial charge in [0.1, 0.15) is 5.82 Å². The van der Waals surface area contributed by atoms with Gasteiger partial charge < -0.3 is 5.32 Å². The lowest BCUT2D eigenvalue weighted by Crippen LogP contribution is -2.15. The lowest BCUT2D eigenvalue weighted by Gasteiger charge is -2.13. The number of sulfonamides is 1. The molecule has 0 aromatic heterocycles. The lowest BCUT2D eigenvalue weighted by molar-refractivity contribution is -0.114. The molecular weight excluding hydrogens is 319 g/mol. The van der Waals surface area contributed by atoms with Crippen molar-refractivity contribution in [3.05, 3.63) is 53.8 Å². The molecule has 5 nitrogen and oxygen atoms in total. The third-order valence-electron chi connectivity index (χ3n) is 3.20. The molecule has 0 heterocycles. The van der Waals surface area contributed by atoms with Crippen molar-refractivity contribution < 1.29 is 17.6 Å². The normalized spacial score (nSPS) is 11.1. The summed E-state index contributed by atoms with van der Waals surface area (Å²) in [5.74, 6) is -1.18. The van der Waals surface area contributed by atoms with Gasteiger partial charge in [0.05, 0.1) is 16.3 Å². The summed E-state index contributed by atoms with van der Waals surface area (Å²) < 4.78 is 41.1. The van der Waals surface area contributed by atoms with Crippen LogP contribution in [0.4, 0.5) is 15.8 Å². The van der Waals surface area contributed by atoms with E-state index in [1.54, 1.807) is 12.1 Å². The van der Waals surface area contributed by atoms with Gasteiger partial charge in [0.25, 0.3) is 10.0 Å². The van der Waals surface area contributed by atoms with Crippen LogP contribution in [0.1, 0.15) is 19.4 Å². The van der Waals surface area contributed by atoms with E-state index >= 15 is 0 Å². The average Bonchev–Trinajstić information content (AvgIpc) is 2.49. The summed E-state index contributed by atoms with van der Waals surface area (Å²) in [7, 11) is -3.89. The molecule has 2 aromatic rings. The van der Waals surface area contributed by atoms with Gasteiger partial charge in [-0.1, -0.05) is 25.1 Å². The van der Waals surface area contributed by atoms with Gasteiger partial charge in [-0.3, -0.25) is 9.52 Å². The number of carbonyl (C=O) groups excluding carboxylic acids is 1. The molecule has 0 aliphatic rings. The van der Waals surface area contributed by atoms with Crippen molar-refractivity contribution in [2.45, 2.75) is 25.2 Å². The summed E-state index contributed by atoms with van der Waals surface area (Å²) in [5.41, 5.74) is 1.14. The highest BCUT2D eigenvalue weighted by atomic mass is 32.2. The number of aryl methyl sites for hydroxylation is 1. The quantitative estimate of drug-likeness (QED) is 0.881. The van der Waals surface area contributed by atoms with Crippen LogP contribution in [0, 0.1) is 5.82 Å². The summed E-state index contributed by atoms with van der Waals surface area (Å²) in [5, 5.41) is 2.27. The van der Waals surface area contributed by atoms with Crippen LogP contribution in [0.15, 0.2) is 47.4 Å². The number of halogens is 1. The predicted molar refractivity (Wildman–Crippen MR) is 87.3 cm³/mol. The smallest absolute Gasteiger partial charge is 0.261 e. The minimum absolute atomic E-state index is 0.131. The number of benzene rings is 2. The average molecular weight is 336 g/mol. The maximum Gasteiger partial charge on any atom is 0.261 e. The Kier molecular flexibility index (Phi) is 5.00. The molecule has 0 aliphatic heterocycles. The minimum Gasteiger partial charge on any atom is -0.324 e. The number of para-hydroxylation sites is 1. The lowest BCUT2D eigenvalue weighted by atomic mass is 10.1. The van der Waals surface area contributed by atoms with Crippen LogP contribution in [0.3, 0.4) is 0 Å². The number of amides is 1. The molecule has 2 N–H and O–H groups in total. The van der Waals surface area contributed by atoms with E-state index in [4.69, 9.17) is 0 Å². The third kappa shape index (κ3) is 4.07. The first-order valence-electron chi connectivity index (χ1n) is 7.01. The van der Waals surface area contributed by atoms with Gasteiger partial charge in [-0.2, -0.15) is 0 Å². The van der Waals surface area contributed by atoms with Crippen LogP contribution >= 0.6 is 0 Å². The molecule has 0 atom stereocenters. The van der Waals surface area contributed by atoms with Crippen LogP contribution in [-0.2, 0) is 21.2 Å². The fourth-order valence-corrected chi connectivity index (χ4v) is 3.22. The molecule has 1 amide bonds. The molecule has 122 valence electrons. The van der Waals surface area contributed by atoms with E-state index in [1.807, 2.05) is 19.1 Å². The molecule has 0 saturated carbocycles. The maximum absolute atomic E-state index is 13.6. The maximum atomic E-state index is 13.6. The first kappa shape index (κ1) is 17.0. The fraction of sp³-hybridized carbons (Fsp3) is 0.188. The molecule has 0 radical (unpaired) electrons. The number of nitrogens with one attached hydrogen (secondary N) is 2. The number of rotatable bonds is 5. The second-order valence-electron chi connectivity index (χ2n) is 4.94. The number of hydrogen-bond acceptors (Lipinski definition) is 3. The summed E-state index contributed by atoms with van der Waals surface area (Å²) in [4.78, 5) is 10.9. The largest absolute Gasteiger partial charge is 0.324 e. The molecule has 2 rings (SSSR count). The van der Waals surface area contributed by atoms with Crippen LogP contribution in [-0.4, -0.2) is 14.3 Å². The first-order valence-corrected chi connectivity index (χ1v) is 8.49. The minimum atomic E-state index is -3.89. The Hall–Kier alpha value is -2.41. The van der Waals surface area contributed by atoms with Crippen molar-refractivity contribution in [1.29, 1.82) is 0 Å². The highest BCUT2D eigenvalue weighted by Gasteiger charge is 2.18. The molecule has 0 bridgehead atoms. The van der Waals surface area contributed by atoms with E-state index in [2.05, 4.69) is 10.0 Å². The van der Waals surface area contributed by atoms with Crippen LogP contribution < -0.4 is 10.0 Å². The van der Waals surface area contributed by atoms with E-state index in [0.29, 0.717) is 12.1 Å². The van der Waals surface area contributed by atoms with E-state index < -0.39 is 21.7 Å². The molecule has 0 saturated heterocycles. The number of anilines is 2. The Bertz CT molecular complexity index is 835. The number of carbonyl (C=O) groups is 1. The van der Waals surface area contributed by atoms with Crippen LogP contribution in [0.5, 0.6) is 0 Å². The van der Waals surface area contributed by atoms with Gasteiger partial charge in [0.2, 0.25) is 5.91 Å². The van der Waals surface area contributed by atoms with Gasteiger partial charge in [0, 0.05) is 6.92 Å². The third-order valence-corrected chi connectivity index (χ3v) is 4.56. The van der Waals surface area contributed by atoms with Crippen LogP contribution in [0.25, 0.3) is 0 Å². The second-order valence-corrected chi connectivity index (χ2v) is 6.62. The van der Waals surface area contributed by atoms with Gasteiger partial charge in [-0.05, 0) is 36.2 Å². The highest BCUT2D eigenvalue weighted by molar-refractivity contribution is 7.92. The van der Waals surface area contributed by atoms with Crippen LogP contribution in [0.2, 0.25) is 0 Å². The molecule has 23 heavy (non-hydrogen) atoms. The molecule has 0 spiro atoms. The van der Waals surface area contributed by atoms with E-state index in [-0.39, 0.29) is 10.6 Å². The Morgan fingerprint density at radius 2 is 1.83 bits per heavy atom. The van der Waals surface area contributed by atoms with Gasteiger partial charge in [-0.15, -0.1) is 0 Å². The molecule has 2 aromatic carbocycles. The summed E-state index contributed by atoms with van der Waals surface area (Å²) >= 11 is 0. The van der Waals surface area contributed by atoms with Crippen molar-refractivity contribution in [2.24, 2.45) is 0 Å². The standard InChI is InChI=1S/C16H17FN2O3S/c1-3-12-6-4-5-7-15(12)19-23(21,22)13-8-9-14(17)16(10-13)18-11(2)20/h4-10,19H,3H2,1-2H3,(H,18,20). The zero-order valence-electron chi connectivity index (χ0n) is 12.8. The molecular formula is C16H17FN2O3S. The Balaban J connectivity index is 2.38. The first-order chi connectivity index (χ1) is 10.8. The van der Waals surface area contributed by atoms with Gasteiger partial charge in [-0.25, -0.2) is 12.8 Å². The zero-order valence-corrected chi connectivity index (χ0v) is 13.6. The predicted octanol–water partition coefficient (Wildman–Crippen LogP) is 3.15. The van der Waals surface area contributed by atoms with Gasteiger partial charge >= 0.3 is 0 Å². The van der Waals surface area contributed by atoms with E-state index in [1.165, 1.54) is 6.92 Å². The summed E-state index contributed by atoms with van der Waals surface area (Å²) in [6.45, 7) is 3.14. The van der Waals surface area contributed by atoms with Crippen molar-refractivity contribution in [1.82, 2.24) is 0 Å². The highest BCUT2D eigenvalue weighted by Crippen LogP contribution is 2.24. The van der Waals surface area contributed by atoms with Gasteiger partial charge in [0.15, 0.2) is 0 Å². The molecule has 7 heteroatoms. The molecule has 0 unspecified atom stereocenters. The Labute approximate surface area is 134 Å². The summed E-state index contributed by atoms with van der Waals surface area (Å²) in [6.07, 6.45) is 0.666.